The minimum Gasteiger partial charge on any atom is -0.411 e. The van der Waals surface area contributed by atoms with Crippen LogP contribution in [0.4, 0.5) is 0 Å². The van der Waals surface area contributed by atoms with Crippen molar-refractivity contribution >= 4 is 45.5 Å². The summed E-state index contributed by atoms with van der Waals surface area (Å²) < 4.78 is 1.12. The molecule has 16 heavy (non-hydrogen) atoms. The normalized spacial score (nSPS) is 16.3. The molecule has 0 atom stereocenters. The van der Waals surface area contributed by atoms with Gasteiger partial charge in [-0.3, -0.25) is 4.79 Å². The molecule has 0 radical (unpaired) electrons. The van der Waals surface area contributed by atoms with Gasteiger partial charge in [0.1, 0.15) is 0 Å². The molecule has 0 aliphatic carbocycles. The van der Waals surface area contributed by atoms with E-state index >= 15 is 0 Å². The Morgan fingerprint density at radius 1 is 1.50 bits per heavy atom. The van der Waals surface area contributed by atoms with Crippen molar-refractivity contribution in [1.82, 2.24) is 4.90 Å². The molecule has 1 fully saturated rings. The fraction of sp³-hybridized carbons (Fsp3) is 0.400. The molecule has 1 amide bonds. The van der Waals surface area contributed by atoms with Gasteiger partial charge < -0.3 is 10.1 Å². The Morgan fingerprint density at radius 3 is 2.69 bits per heavy atom. The Kier molecular flexibility index (Phi) is 3.80. The van der Waals surface area contributed by atoms with Gasteiger partial charge in [-0.25, -0.2) is 0 Å². The van der Waals surface area contributed by atoms with Crippen LogP contribution in [0.15, 0.2) is 16.6 Å². The van der Waals surface area contributed by atoms with Crippen LogP contribution < -0.4 is 0 Å². The highest BCUT2D eigenvalue weighted by atomic mass is 127. The lowest BCUT2D eigenvalue weighted by molar-refractivity contribution is 0.0754. The van der Waals surface area contributed by atoms with E-state index in [-0.39, 0.29) is 5.91 Å². The van der Waals surface area contributed by atoms with E-state index in [0.717, 1.165) is 14.2 Å². The van der Waals surface area contributed by atoms with Gasteiger partial charge in [-0.05, 0) is 28.7 Å². The lowest BCUT2D eigenvalue weighted by Crippen LogP contribution is -2.38. The Hall–Kier alpha value is -0.630. The molecule has 1 aromatic heterocycles. The molecular formula is C10H11IN2O2S. The number of amides is 1. The first-order valence-electron chi connectivity index (χ1n) is 4.94. The molecule has 0 unspecified atom stereocenters. The fourth-order valence-corrected chi connectivity index (χ4v) is 2.99. The summed E-state index contributed by atoms with van der Waals surface area (Å²) in [7, 11) is 0. The molecule has 0 spiro atoms. The second kappa shape index (κ2) is 5.13. The maximum atomic E-state index is 12.0. The van der Waals surface area contributed by atoms with Crippen molar-refractivity contribution in [3.8, 4) is 0 Å². The predicted molar refractivity (Wildman–Crippen MR) is 71.4 cm³/mol. The van der Waals surface area contributed by atoms with E-state index in [2.05, 4.69) is 27.7 Å². The van der Waals surface area contributed by atoms with Crippen molar-refractivity contribution in [3.63, 3.8) is 0 Å². The maximum absolute atomic E-state index is 12.0. The van der Waals surface area contributed by atoms with Crippen LogP contribution in [0.5, 0.6) is 0 Å². The number of halogens is 1. The van der Waals surface area contributed by atoms with E-state index in [9.17, 15) is 4.79 Å². The van der Waals surface area contributed by atoms with Crippen LogP contribution in [0, 0.1) is 2.88 Å². The summed E-state index contributed by atoms with van der Waals surface area (Å²) in [5.74, 6) is 0.0798. The molecule has 6 heteroatoms. The zero-order valence-corrected chi connectivity index (χ0v) is 11.5. The lowest BCUT2D eigenvalue weighted by atomic mass is 10.1. The predicted octanol–water partition coefficient (Wildman–Crippen LogP) is 2.42. The van der Waals surface area contributed by atoms with Gasteiger partial charge in [0, 0.05) is 31.3 Å². The Morgan fingerprint density at radius 2 is 2.19 bits per heavy atom. The molecule has 1 N–H and O–H groups in total. The monoisotopic (exact) mass is 350 g/mol. The number of rotatable bonds is 1. The van der Waals surface area contributed by atoms with Crippen molar-refractivity contribution in [2.24, 2.45) is 5.16 Å². The smallest absolute Gasteiger partial charge is 0.254 e. The molecule has 86 valence electrons. The number of likely N-dealkylation sites (tertiary alicyclic amines) is 1. The van der Waals surface area contributed by atoms with Gasteiger partial charge in [0.2, 0.25) is 0 Å². The average molecular weight is 350 g/mol. The molecule has 2 heterocycles. The highest BCUT2D eigenvalue weighted by molar-refractivity contribution is 14.1. The fourth-order valence-electron chi connectivity index (χ4n) is 1.67. The lowest BCUT2D eigenvalue weighted by Gasteiger charge is -2.26. The first-order valence-corrected chi connectivity index (χ1v) is 6.89. The van der Waals surface area contributed by atoms with Crippen molar-refractivity contribution in [3.05, 3.63) is 19.9 Å². The van der Waals surface area contributed by atoms with Crippen molar-refractivity contribution < 1.29 is 10.0 Å². The van der Waals surface area contributed by atoms with Crippen molar-refractivity contribution in [2.45, 2.75) is 12.8 Å². The summed E-state index contributed by atoms with van der Waals surface area (Å²) in [4.78, 5) is 13.8. The molecule has 0 bridgehead atoms. The first-order chi connectivity index (χ1) is 7.70. The SMILES string of the molecule is O=C(c1csc(I)c1)N1CCC(=NO)CC1. The van der Waals surface area contributed by atoms with Gasteiger partial charge in [-0.2, -0.15) is 0 Å². The van der Waals surface area contributed by atoms with Crippen LogP contribution >= 0.6 is 33.9 Å². The first kappa shape index (κ1) is 11.8. The number of oxime groups is 1. The topological polar surface area (TPSA) is 52.9 Å². The van der Waals surface area contributed by atoms with Gasteiger partial charge in [-0.15, -0.1) is 11.3 Å². The number of piperidine rings is 1. The third-order valence-corrected chi connectivity index (χ3v) is 4.37. The standard InChI is InChI=1S/C10H11IN2O2S/c11-9-5-7(6-16-9)10(14)13-3-1-8(12-15)2-4-13/h5-6,15H,1-4H2. The van der Waals surface area contributed by atoms with Gasteiger partial charge in [0.25, 0.3) is 5.91 Å². The number of nitrogens with zero attached hydrogens (tertiary/aromatic N) is 2. The second-order valence-electron chi connectivity index (χ2n) is 3.60. The number of hydrogen-bond acceptors (Lipinski definition) is 4. The van der Waals surface area contributed by atoms with Gasteiger partial charge in [0.05, 0.1) is 14.2 Å². The summed E-state index contributed by atoms with van der Waals surface area (Å²) >= 11 is 3.79. The van der Waals surface area contributed by atoms with Crippen molar-refractivity contribution in [2.75, 3.05) is 13.1 Å². The molecule has 1 aliphatic heterocycles. The number of carbonyl (C=O) groups is 1. The van der Waals surface area contributed by atoms with Crippen LogP contribution in [0.3, 0.4) is 0 Å². The Labute approximate surface area is 111 Å². The number of hydrogen-bond donors (Lipinski definition) is 1. The van der Waals surface area contributed by atoms with E-state index < -0.39 is 0 Å². The molecule has 0 aromatic carbocycles. The zero-order valence-electron chi connectivity index (χ0n) is 8.52. The van der Waals surface area contributed by atoms with E-state index in [1.807, 2.05) is 16.3 Å². The summed E-state index contributed by atoms with van der Waals surface area (Å²) in [6.45, 7) is 1.29. The molecule has 1 aromatic rings. The van der Waals surface area contributed by atoms with E-state index in [4.69, 9.17) is 5.21 Å². The van der Waals surface area contributed by atoms with Gasteiger partial charge >= 0.3 is 0 Å². The zero-order chi connectivity index (χ0) is 11.5. The molecule has 4 nitrogen and oxygen atoms in total. The molecule has 2 rings (SSSR count). The Balaban J connectivity index is 2.02. The van der Waals surface area contributed by atoms with Gasteiger partial charge in [-0.1, -0.05) is 5.16 Å². The maximum Gasteiger partial charge on any atom is 0.254 e. The summed E-state index contributed by atoms with van der Waals surface area (Å²) in [5, 5.41) is 13.7. The minimum absolute atomic E-state index is 0.0798. The molecule has 1 aliphatic rings. The highest BCUT2D eigenvalue weighted by Gasteiger charge is 2.21. The van der Waals surface area contributed by atoms with Crippen LogP contribution in [0.1, 0.15) is 23.2 Å². The van der Waals surface area contributed by atoms with E-state index in [0.29, 0.717) is 25.9 Å². The molecular weight excluding hydrogens is 339 g/mol. The van der Waals surface area contributed by atoms with Crippen LogP contribution in [0.2, 0.25) is 0 Å². The minimum atomic E-state index is 0.0798. The molecule has 1 saturated heterocycles. The van der Waals surface area contributed by atoms with Crippen LogP contribution in [0.25, 0.3) is 0 Å². The summed E-state index contributed by atoms with van der Waals surface area (Å²) in [6.07, 6.45) is 1.34. The quantitative estimate of drug-likeness (QED) is 0.481. The summed E-state index contributed by atoms with van der Waals surface area (Å²) in [5.41, 5.74) is 1.54. The van der Waals surface area contributed by atoms with Crippen molar-refractivity contribution in [1.29, 1.82) is 0 Å². The second-order valence-corrected chi connectivity index (χ2v) is 6.40. The van der Waals surface area contributed by atoms with Crippen LogP contribution in [-0.4, -0.2) is 34.8 Å². The summed E-state index contributed by atoms with van der Waals surface area (Å²) in [6, 6.07) is 1.91. The van der Waals surface area contributed by atoms with Gasteiger partial charge in [0.15, 0.2) is 0 Å². The number of carbonyl (C=O) groups excluding carboxylic acids is 1. The van der Waals surface area contributed by atoms with E-state index in [1.54, 1.807) is 11.3 Å². The Bertz CT molecular complexity index is 420. The average Bonchev–Trinajstić information content (AvgIpc) is 2.75. The largest absolute Gasteiger partial charge is 0.411 e. The molecule has 0 saturated carbocycles. The third kappa shape index (κ3) is 2.54. The third-order valence-electron chi connectivity index (χ3n) is 2.58. The number of thiophene rings is 1. The van der Waals surface area contributed by atoms with Crippen LogP contribution in [-0.2, 0) is 0 Å². The highest BCUT2D eigenvalue weighted by Crippen LogP contribution is 2.19. The van der Waals surface area contributed by atoms with E-state index in [1.165, 1.54) is 0 Å².